The molecule has 0 nitrogen and oxygen atoms in total. The highest BCUT2D eigenvalue weighted by Crippen LogP contribution is 2.20. The van der Waals surface area contributed by atoms with E-state index < -0.39 is 12.6 Å². The van der Waals surface area contributed by atoms with Crippen molar-refractivity contribution in [2.24, 2.45) is 0 Å². The minimum atomic E-state index is -3.91. The third-order valence-electron chi connectivity index (χ3n) is 0.533. The first kappa shape index (κ1) is 7.32. The van der Waals surface area contributed by atoms with Crippen molar-refractivity contribution in [3.8, 4) is 0 Å². The molecule has 4 heteroatoms. The lowest BCUT2D eigenvalue weighted by Gasteiger charge is -2.00. The van der Waals surface area contributed by atoms with Crippen molar-refractivity contribution >= 4 is 16.3 Å². The molecule has 0 fully saturated rings. The van der Waals surface area contributed by atoms with E-state index in [1.807, 2.05) is 0 Å². The molecule has 0 heterocycles. The van der Waals surface area contributed by atoms with Gasteiger partial charge in [-0.05, 0) is 0 Å². The van der Waals surface area contributed by atoms with E-state index >= 15 is 0 Å². The second-order valence-electron chi connectivity index (χ2n) is 1.37. The van der Waals surface area contributed by atoms with Crippen LogP contribution >= 0.6 is 0 Å². The summed E-state index contributed by atoms with van der Waals surface area (Å²) < 4.78 is 33.2. The molecule has 0 aliphatic heterocycles. The number of alkyl halides is 3. The van der Waals surface area contributed by atoms with Crippen LogP contribution in [0.5, 0.6) is 0 Å². The van der Waals surface area contributed by atoms with Crippen LogP contribution in [0.1, 0.15) is 6.42 Å². The fraction of sp³-hybridized carbons (Fsp3) is 1.00. The largest absolute Gasteiger partial charge is 0.387 e. The van der Waals surface area contributed by atoms with E-state index in [-0.39, 0.29) is 0 Å². The Morgan fingerprint density at radius 1 is 1.29 bits per heavy atom. The third kappa shape index (κ3) is 6.32. The van der Waals surface area contributed by atoms with Crippen molar-refractivity contribution in [2.45, 2.75) is 17.9 Å². The smallest absolute Gasteiger partial charge is 0.171 e. The summed E-state index contributed by atoms with van der Waals surface area (Å²) in [5, 5.41) is 0.323. The van der Waals surface area contributed by atoms with Gasteiger partial charge in [-0.2, -0.15) is 13.2 Å². The van der Waals surface area contributed by atoms with Gasteiger partial charge in [-0.3, -0.25) is 0 Å². The van der Waals surface area contributed by atoms with Crippen molar-refractivity contribution in [1.29, 1.82) is 0 Å². The van der Waals surface area contributed by atoms with Gasteiger partial charge < -0.3 is 0 Å². The summed E-state index contributed by atoms with van der Waals surface area (Å²) >= 11 is 0.650. The van der Waals surface area contributed by atoms with Crippen LogP contribution in [0.2, 0.25) is 5.28 Å². The van der Waals surface area contributed by atoms with E-state index in [0.717, 1.165) is 0 Å². The Bertz CT molecular complexity index is 48.6. The Morgan fingerprint density at radius 3 is 1.71 bits per heavy atom. The monoisotopic (exact) mass is 126 g/mol. The summed E-state index contributed by atoms with van der Waals surface area (Å²) in [4.78, 5) is 0. The Hall–Kier alpha value is 0.322. The maximum absolute atomic E-state index is 11.1. The van der Waals surface area contributed by atoms with E-state index in [1.165, 1.54) is 0 Å². The number of hydrogen-bond acceptors (Lipinski definition) is 0. The summed E-state index contributed by atoms with van der Waals surface area (Å²) in [6.45, 7) is 0. The van der Waals surface area contributed by atoms with Crippen molar-refractivity contribution in [2.75, 3.05) is 0 Å². The third-order valence-corrected chi connectivity index (χ3v) is 1.03. The van der Waals surface area contributed by atoms with Gasteiger partial charge in [0, 0.05) is 6.42 Å². The lowest BCUT2D eigenvalue weighted by atomic mass is 10.5. The molecule has 0 aliphatic rings. The summed E-state index contributed by atoms with van der Waals surface area (Å²) in [6, 6.07) is 0. The highest BCUT2D eigenvalue weighted by Gasteiger charge is 2.24. The normalized spacial score (nSPS) is 11.9. The molecule has 0 N–H and O–H groups in total. The Kier molecular flexibility index (Phi) is 2.71. The molecule has 0 amide bonds. The predicted octanol–water partition coefficient (Wildman–Crippen LogP) is 0.990. The van der Waals surface area contributed by atoms with Gasteiger partial charge in [0.05, 0.1) is 0 Å². The molecule has 0 aromatic carbocycles. The zero-order chi connectivity index (χ0) is 5.91. The van der Waals surface area contributed by atoms with Crippen molar-refractivity contribution < 1.29 is 13.2 Å². The molecule has 0 saturated heterocycles. The lowest BCUT2D eigenvalue weighted by Crippen LogP contribution is -2.05. The molecule has 0 radical (unpaired) electrons. The van der Waals surface area contributed by atoms with Crippen LogP contribution in [-0.2, 0) is 0 Å². The Labute approximate surface area is 48.1 Å². The standard InChI is InChI=1S/C3H4F3.Al.2H/c1-2-3(4,5)6;;;/h1-2H2;;;. The van der Waals surface area contributed by atoms with Gasteiger partial charge in [0.1, 0.15) is 0 Å². The van der Waals surface area contributed by atoms with Gasteiger partial charge in [-0.15, -0.1) is 0 Å². The van der Waals surface area contributed by atoms with E-state index in [1.54, 1.807) is 0 Å². The molecule has 7 heavy (non-hydrogen) atoms. The Balaban J connectivity index is 3.15. The average Bonchev–Trinajstić information content (AvgIpc) is 1.30. The summed E-state index contributed by atoms with van der Waals surface area (Å²) in [5.41, 5.74) is 0. The van der Waals surface area contributed by atoms with Crippen molar-refractivity contribution in [3.05, 3.63) is 0 Å². The number of halogens is 3. The zero-order valence-corrected chi connectivity index (χ0v) is 6.05. The van der Waals surface area contributed by atoms with Gasteiger partial charge in [0.2, 0.25) is 16.3 Å². The quantitative estimate of drug-likeness (QED) is 0.459. The van der Waals surface area contributed by atoms with Crippen LogP contribution < -0.4 is 0 Å². The van der Waals surface area contributed by atoms with Crippen LogP contribution in [0.3, 0.4) is 0 Å². The molecule has 0 bridgehead atoms. The molecule has 0 rings (SSSR count). The van der Waals surface area contributed by atoms with Gasteiger partial charge >= 0.3 is 6.18 Å². The molecule has 0 aliphatic carbocycles. The highest BCUT2D eigenvalue weighted by atomic mass is 27.0. The fourth-order valence-electron chi connectivity index (χ4n) is 0.283. The number of rotatable bonds is 1. The summed E-state index contributed by atoms with van der Waals surface area (Å²) in [6.07, 6.45) is -4.51. The minimum Gasteiger partial charge on any atom is -0.171 e. The van der Waals surface area contributed by atoms with Gasteiger partial charge in [-0.25, -0.2) is 0 Å². The van der Waals surface area contributed by atoms with Crippen LogP contribution in [0.25, 0.3) is 0 Å². The SMILES string of the molecule is FC(F)(F)C[CH2][AlH2]. The molecule has 0 atom stereocenters. The first-order valence-corrected chi connectivity index (χ1v) is 3.54. The van der Waals surface area contributed by atoms with Gasteiger partial charge in [0.25, 0.3) is 0 Å². The van der Waals surface area contributed by atoms with E-state index in [4.69, 9.17) is 0 Å². The zero-order valence-electron chi connectivity index (χ0n) is 4.05. The first-order chi connectivity index (χ1) is 3.06. The van der Waals surface area contributed by atoms with Gasteiger partial charge in [0.15, 0.2) is 0 Å². The maximum atomic E-state index is 11.1. The van der Waals surface area contributed by atoms with Crippen molar-refractivity contribution in [3.63, 3.8) is 0 Å². The fourth-order valence-corrected chi connectivity index (χ4v) is 0.850. The molecule has 0 unspecified atom stereocenters. The van der Waals surface area contributed by atoms with E-state index in [2.05, 4.69) is 0 Å². The van der Waals surface area contributed by atoms with Gasteiger partial charge in [-0.1, -0.05) is 5.28 Å². The lowest BCUT2D eigenvalue weighted by molar-refractivity contribution is -0.130. The van der Waals surface area contributed by atoms with Crippen LogP contribution in [0, 0.1) is 0 Å². The molecule has 0 saturated carbocycles. The molecule has 0 spiro atoms. The summed E-state index contributed by atoms with van der Waals surface area (Å²) in [7, 11) is 0. The molecular formula is C3H6AlF3. The van der Waals surface area contributed by atoms with Crippen molar-refractivity contribution in [1.82, 2.24) is 0 Å². The van der Waals surface area contributed by atoms with Crippen LogP contribution in [-0.4, -0.2) is 22.5 Å². The number of hydrogen-bond donors (Lipinski definition) is 0. The molecule has 0 aromatic rings. The second-order valence-corrected chi connectivity index (χ2v) is 2.37. The first-order valence-electron chi connectivity index (χ1n) is 2.13. The van der Waals surface area contributed by atoms with E-state index in [9.17, 15) is 13.2 Å². The maximum Gasteiger partial charge on any atom is 0.387 e. The highest BCUT2D eigenvalue weighted by molar-refractivity contribution is 6.08. The average molecular weight is 126 g/mol. The van der Waals surface area contributed by atoms with Crippen LogP contribution in [0.4, 0.5) is 13.2 Å². The molecule has 0 aromatic heterocycles. The summed E-state index contributed by atoms with van der Waals surface area (Å²) in [5.74, 6) is 0. The molecule has 42 valence electrons. The molecular weight excluding hydrogens is 120 g/mol. The Morgan fingerprint density at radius 2 is 1.71 bits per heavy atom. The topological polar surface area (TPSA) is 0 Å². The predicted molar refractivity (Wildman–Crippen MR) is 24.0 cm³/mol. The minimum absolute atomic E-state index is 0.323. The second kappa shape index (κ2) is 2.59. The van der Waals surface area contributed by atoms with E-state index in [0.29, 0.717) is 21.6 Å². The van der Waals surface area contributed by atoms with Crippen LogP contribution in [0.15, 0.2) is 0 Å².